The minimum Gasteiger partial charge on any atom is 5.00 e. The molecule has 0 bridgehead atoms. The second-order valence-electron chi connectivity index (χ2n) is 9.00. The van der Waals surface area contributed by atoms with Crippen molar-refractivity contribution in [3.63, 3.8) is 0 Å². The number of rotatable bonds is 0. The molecule has 0 rings (SSSR count). The summed E-state index contributed by atoms with van der Waals surface area (Å²) >= 11 is 0. The first-order valence-corrected chi connectivity index (χ1v) is 28.6. The second-order valence-corrected chi connectivity index (χ2v) is 37.1. The second kappa shape index (κ2) is 19.2. The van der Waals surface area contributed by atoms with Crippen molar-refractivity contribution in [1.29, 1.82) is 158 Å². The van der Waals surface area contributed by atoms with Gasteiger partial charge in [0.15, 0.2) is 0 Å². The maximum absolute atomic E-state index is 8.58. The Kier molecular flexibility index (Phi) is 21.0. The molecule has 0 radical (unpaired) electrons. The van der Waals surface area contributed by atoms with Crippen LogP contribution in [0.15, 0.2) is 0 Å². The number of hydrogen-bond donors (Lipinski definition) is 0. The topological polar surface area (TPSA) is 714 Å². The summed E-state index contributed by atoms with van der Waals surface area (Å²) in [5.41, 5.74) is 0. The summed E-state index contributed by atoms with van der Waals surface area (Å²) in [7, 11) is -30.8. The quantitative estimate of drug-likeness (QED) is 0.298. The Morgan fingerprint density at radius 3 is 0.132 bits per heavy atom. The standard InChI is InChI=1S/30CN.5Fe.3V/c30*1-2;;;;;;;;/q;;;;;;;;;;;;;;;;;;;;;;;;;;;;;;5*-3;3*+5. The van der Waals surface area contributed by atoms with Crippen molar-refractivity contribution in [2.24, 2.45) is 0 Å². The molecule has 0 saturated heterocycles. The zero-order valence-electron chi connectivity index (χ0n) is 31.5. The van der Waals surface area contributed by atoms with E-state index in [4.69, 9.17) is 158 Å². The molecule has 38 heteroatoms. The average molecular weight is 1210 g/mol. The van der Waals surface area contributed by atoms with Gasteiger partial charge in [0.1, 0.15) is 0 Å². The van der Waals surface area contributed by atoms with E-state index < -0.39 is 53.7 Å². The summed E-state index contributed by atoms with van der Waals surface area (Å²) in [6.07, 6.45) is 0. The van der Waals surface area contributed by atoms with E-state index in [1.807, 2.05) is 0 Å². The maximum atomic E-state index is 8.58. The summed E-state index contributed by atoms with van der Waals surface area (Å²) in [6, 6.07) is 0. The number of hydrogen-bond acceptors (Lipinski definition) is 30. The predicted octanol–water partition coefficient (Wildman–Crippen LogP) is 0.483. The molecule has 30 nitrogen and oxygen atoms in total. The molecule has 0 amide bonds. The Hall–Kier alpha value is -10.9. The van der Waals surface area contributed by atoms with E-state index >= 15 is 0 Å². The molecule has 0 N–H and O–H groups in total. The first kappa shape index (κ1) is 74.5. The monoisotopic (exact) mass is 1210 g/mol. The molecule has 0 aromatic rings. The van der Waals surface area contributed by atoms with E-state index in [0.717, 1.165) is 149 Å². The Labute approximate surface area is 411 Å². The van der Waals surface area contributed by atoms with E-state index in [1.165, 1.54) is 0 Å². The smallest absolute Gasteiger partial charge is 5.00 e. The Morgan fingerprint density at radius 1 is 0.103 bits per heavy atom. The van der Waals surface area contributed by atoms with Gasteiger partial charge >= 0.3 is 416 Å². The number of nitriles is 30. The van der Waals surface area contributed by atoms with Crippen LogP contribution in [0.1, 0.15) is 0 Å². The Balaban J connectivity index is -0.000000109. The van der Waals surface area contributed by atoms with Crippen LogP contribution in [0.2, 0.25) is 0 Å². The van der Waals surface area contributed by atoms with Gasteiger partial charge in [0.05, 0.1) is 0 Å². The van der Waals surface area contributed by atoms with Gasteiger partial charge in [0.2, 0.25) is 0 Å². The summed E-state index contributed by atoms with van der Waals surface area (Å²) in [4.78, 5) is 30.9. The molecule has 0 aromatic carbocycles. The molecule has 0 saturated carbocycles. The Bertz CT molecular complexity index is 2540. The molecule has 0 aliphatic heterocycles. The van der Waals surface area contributed by atoms with Gasteiger partial charge in [0.25, 0.3) is 0 Å². The molecule has 68 heavy (non-hydrogen) atoms. The fraction of sp³-hybridized carbons (Fsp3) is 0. The van der Waals surface area contributed by atoms with Crippen LogP contribution in [0.3, 0.4) is 0 Å². The minimum absolute atomic E-state index is 0. The zero-order chi connectivity index (χ0) is 53.3. The molecule has 0 aliphatic rings. The third kappa shape index (κ3) is 8.32. The summed E-state index contributed by atoms with van der Waals surface area (Å²) < 4.78 is 0. The van der Waals surface area contributed by atoms with Crippen molar-refractivity contribution < 1.29 is 109 Å². The third-order valence-electron chi connectivity index (χ3n) is 5.93. The van der Waals surface area contributed by atoms with Crippen molar-refractivity contribution in [2.75, 3.05) is 0 Å². The molecule has 0 fully saturated rings. The van der Waals surface area contributed by atoms with Crippen LogP contribution >= 0.6 is 0 Å². The summed E-state index contributed by atoms with van der Waals surface area (Å²) in [5, 5.41) is 257. The van der Waals surface area contributed by atoms with Gasteiger partial charge in [-0.1, -0.05) is 0 Å². The Morgan fingerprint density at radius 2 is 0.132 bits per heavy atom. The molecule has 0 heterocycles. The minimum atomic E-state index is -6.17. The SMILES string of the molecule is N#[C][Fe-3]([C]#N)([C]#N)([C]#N)([C]#N)[C]#N.N#[C][Fe-3]([C]#N)([C]#N)([C]#N)([C]#N)[C]#N.N#[C][Fe-3]([C]#N)([C]#N)([C]#N)([C]#N)[C]#N.N#[C][Fe-3]([C]#N)([C]#N)([C]#N)([C]#N)[C]#N.N#[C][Fe-3]([C]#N)([C]#N)([C]#N)([C]#N)[C]#N.[V+5].[V+5].[V+5]. The van der Waals surface area contributed by atoms with E-state index in [1.54, 1.807) is 0 Å². The third-order valence-corrected chi connectivity index (χ3v) is 24.4. The van der Waals surface area contributed by atoms with E-state index in [-0.39, 0.29) is 55.7 Å². The van der Waals surface area contributed by atoms with E-state index in [2.05, 4.69) is 0 Å². The van der Waals surface area contributed by atoms with Crippen molar-refractivity contribution >= 4 is 0 Å². The first-order chi connectivity index (χ1) is 29.9. The van der Waals surface area contributed by atoms with Crippen LogP contribution in [-0.2, 0) is 109 Å². The van der Waals surface area contributed by atoms with Crippen LogP contribution in [0, 0.1) is 307 Å². The van der Waals surface area contributed by atoms with E-state index in [9.17, 15) is 0 Å². The van der Waals surface area contributed by atoms with Crippen molar-refractivity contribution in [1.82, 2.24) is 0 Å². The fourth-order valence-corrected chi connectivity index (χ4v) is 5.47. The average Bonchev–Trinajstić information content (AvgIpc) is 3.43. The maximum Gasteiger partial charge on any atom is 5.00 e. The molecule has 0 aliphatic carbocycles. The molecule has 0 aromatic heterocycles. The molecule has 325 valence electrons. The van der Waals surface area contributed by atoms with Crippen molar-refractivity contribution in [2.45, 2.75) is 0 Å². The van der Waals surface area contributed by atoms with Gasteiger partial charge in [0, 0.05) is 0 Å². The largest absolute Gasteiger partial charge is 5.00 e. The van der Waals surface area contributed by atoms with Gasteiger partial charge in [-0.3, -0.25) is 0 Å². The van der Waals surface area contributed by atoms with Gasteiger partial charge in [-0.15, -0.1) is 0 Å². The van der Waals surface area contributed by atoms with E-state index in [0.29, 0.717) is 0 Å². The number of nitrogens with zero attached hydrogens (tertiary/aromatic N) is 30. The van der Waals surface area contributed by atoms with Crippen LogP contribution in [0.4, 0.5) is 0 Å². The van der Waals surface area contributed by atoms with Crippen LogP contribution in [0.25, 0.3) is 0 Å². The van der Waals surface area contributed by atoms with Crippen LogP contribution in [0.5, 0.6) is 0 Å². The van der Waals surface area contributed by atoms with Crippen molar-refractivity contribution in [3.05, 3.63) is 0 Å². The van der Waals surface area contributed by atoms with Gasteiger partial charge in [-0.25, -0.2) is 0 Å². The molecule has 0 unspecified atom stereocenters. The van der Waals surface area contributed by atoms with Crippen molar-refractivity contribution in [3.8, 4) is 149 Å². The summed E-state index contributed by atoms with van der Waals surface area (Å²) in [6.45, 7) is 0. The van der Waals surface area contributed by atoms with Gasteiger partial charge in [-0.05, 0) is 0 Å². The normalized spacial score (nSPS) is 12.8. The molecular formula is C30Fe5N30V3. The fourth-order valence-electron chi connectivity index (χ4n) is 1.33. The molecule has 0 atom stereocenters. The van der Waals surface area contributed by atoms with Gasteiger partial charge in [-0.2, -0.15) is 0 Å². The van der Waals surface area contributed by atoms with Gasteiger partial charge < -0.3 is 0 Å². The molecular weight excluding hydrogens is 1210 g/mol. The zero-order valence-corrected chi connectivity index (χ0v) is 41.2. The van der Waals surface area contributed by atoms with Crippen LogP contribution in [-0.4, -0.2) is 0 Å². The predicted molar refractivity (Wildman–Crippen MR) is 168 cm³/mol. The summed E-state index contributed by atoms with van der Waals surface area (Å²) in [5.74, 6) is 0. The first-order valence-electron chi connectivity index (χ1n) is 12.0. The van der Waals surface area contributed by atoms with Crippen LogP contribution < -0.4 is 0 Å². The molecule has 0 spiro atoms.